The van der Waals surface area contributed by atoms with E-state index in [0.29, 0.717) is 12.4 Å². The van der Waals surface area contributed by atoms with Crippen LogP contribution in [0.3, 0.4) is 0 Å². The van der Waals surface area contributed by atoms with E-state index in [1.807, 2.05) is 18.2 Å². The highest BCUT2D eigenvalue weighted by atomic mass is 32.2. The number of sulfonamides is 2. The molecule has 1 fully saturated rings. The molecule has 1 atom stereocenters. The van der Waals surface area contributed by atoms with E-state index < -0.39 is 20.0 Å². The summed E-state index contributed by atoms with van der Waals surface area (Å²) in [5.74, 6) is 0.598. The summed E-state index contributed by atoms with van der Waals surface area (Å²) in [7, 11) is -4.71. The molecule has 0 radical (unpaired) electrons. The highest BCUT2D eigenvalue weighted by molar-refractivity contribution is 7.89. The van der Waals surface area contributed by atoms with E-state index in [2.05, 4.69) is 4.72 Å². The largest absolute Gasteiger partial charge is 0.496 e. The maximum Gasteiger partial charge on any atom is 0.243 e. The van der Waals surface area contributed by atoms with Crippen LogP contribution in [0.25, 0.3) is 0 Å². The van der Waals surface area contributed by atoms with E-state index in [1.54, 1.807) is 13.2 Å². The minimum atomic E-state index is -3.90. The van der Waals surface area contributed by atoms with Crippen molar-refractivity contribution in [3.05, 3.63) is 54.1 Å². The van der Waals surface area contributed by atoms with Crippen molar-refractivity contribution < 1.29 is 26.3 Å². The van der Waals surface area contributed by atoms with Crippen LogP contribution in [0.4, 0.5) is 0 Å². The monoisotopic (exact) mass is 454 g/mol. The van der Waals surface area contributed by atoms with Gasteiger partial charge < -0.3 is 9.47 Å². The van der Waals surface area contributed by atoms with E-state index in [1.165, 1.54) is 35.6 Å². The van der Waals surface area contributed by atoms with Crippen LogP contribution in [0.2, 0.25) is 0 Å². The Bertz CT molecular complexity index is 1060. The fourth-order valence-electron chi connectivity index (χ4n) is 3.34. The summed E-state index contributed by atoms with van der Waals surface area (Å²) in [4.78, 5) is 0.0183. The molecule has 10 heteroatoms. The molecule has 3 rings (SSSR count). The SMILES string of the molecule is CNS(=O)(=O)c1ccc(S(=O)(=O)N(Cc2ccccc2OC)C[C@H]2CCCO2)cc1. The molecule has 30 heavy (non-hydrogen) atoms. The van der Waals surface area contributed by atoms with Crippen molar-refractivity contribution in [2.24, 2.45) is 0 Å². The van der Waals surface area contributed by atoms with Gasteiger partial charge in [0.15, 0.2) is 0 Å². The number of nitrogens with zero attached hydrogens (tertiary/aromatic N) is 1. The van der Waals surface area contributed by atoms with E-state index in [4.69, 9.17) is 9.47 Å². The Morgan fingerprint density at radius 3 is 2.33 bits per heavy atom. The molecular formula is C20H26N2O6S2. The van der Waals surface area contributed by atoms with Crippen molar-refractivity contribution in [1.29, 1.82) is 0 Å². The van der Waals surface area contributed by atoms with Gasteiger partial charge in [-0.25, -0.2) is 21.6 Å². The van der Waals surface area contributed by atoms with Crippen molar-refractivity contribution in [3.63, 3.8) is 0 Å². The minimum absolute atomic E-state index is 0.000597. The van der Waals surface area contributed by atoms with Gasteiger partial charge in [0.2, 0.25) is 20.0 Å². The van der Waals surface area contributed by atoms with Crippen molar-refractivity contribution in [3.8, 4) is 5.75 Å². The van der Waals surface area contributed by atoms with Gasteiger partial charge in [-0.1, -0.05) is 18.2 Å². The molecule has 1 aliphatic heterocycles. The molecular weight excluding hydrogens is 428 g/mol. The Morgan fingerprint density at radius 2 is 1.73 bits per heavy atom. The summed E-state index contributed by atoms with van der Waals surface area (Å²) in [6, 6.07) is 12.4. The van der Waals surface area contributed by atoms with Crippen LogP contribution < -0.4 is 9.46 Å². The molecule has 1 saturated heterocycles. The first-order chi connectivity index (χ1) is 14.3. The Morgan fingerprint density at radius 1 is 1.07 bits per heavy atom. The lowest BCUT2D eigenvalue weighted by atomic mass is 10.2. The molecule has 2 aromatic rings. The van der Waals surface area contributed by atoms with Crippen molar-refractivity contribution in [2.45, 2.75) is 35.3 Å². The maximum absolute atomic E-state index is 13.4. The molecule has 0 spiro atoms. The lowest BCUT2D eigenvalue weighted by Crippen LogP contribution is -2.37. The highest BCUT2D eigenvalue weighted by Gasteiger charge is 2.30. The second kappa shape index (κ2) is 9.44. The van der Waals surface area contributed by atoms with Crippen LogP contribution in [0.1, 0.15) is 18.4 Å². The zero-order chi connectivity index (χ0) is 21.8. The lowest BCUT2D eigenvalue weighted by molar-refractivity contribution is 0.0924. The zero-order valence-corrected chi connectivity index (χ0v) is 18.6. The first-order valence-electron chi connectivity index (χ1n) is 9.55. The molecule has 0 saturated carbocycles. The molecule has 1 N–H and O–H groups in total. The van der Waals surface area contributed by atoms with Gasteiger partial charge in [0, 0.05) is 25.3 Å². The summed E-state index contributed by atoms with van der Waals surface area (Å²) >= 11 is 0. The van der Waals surface area contributed by atoms with Crippen LogP contribution in [0, 0.1) is 0 Å². The number of ether oxygens (including phenoxy) is 2. The molecule has 0 aliphatic carbocycles. The van der Waals surface area contributed by atoms with Gasteiger partial charge in [-0.3, -0.25) is 0 Å². The third kappa shape index (κ3) is 5.01. The molecule has 1 aliphatic rings. The van der Waals surface area contributed by atoms with Crippen LogP contribution in [-0.2, 0) is 31.3 Å². The van der Waals surface area contributed by atoms with Crippen LogP contribution in [-0.4, -0.2) is 54.6 Å². The molecule has 1 heterocycles. The number of methoxy groups -OCH3 is 1. The maximum atomic E-state index is 13.4. The lowest BCUT2D eigenvalue weighted by Gasteiger charge is -2.25. The van der Waals surface area contributed by atoms with Gasteiger partial charge in [0.25, 0.3) is 0 Å². The predicted octanol–water partition coefficient (Wildman–Crippen LogP) is 1.97. The van der Waals surface area contributed by atoms with Crippen molar-refractivity contribution in [2.75, 3.05) is 27.3 Å². The van der Waals surface area contributed by atoms with Crippen LogP contribution in [0.15, 0.2) is 58.3 Å². The topological polar surface area (TPSA) is 102 Å². The smallest absolute Gasteiger partial charge is 0.243 e. The van der Waals surface area contributed by atoms with Gasteiger partial charge in [0.05, 0.1) is 23.0 Å². The summed E-state index contributed by atoms with van der Waals surface area (Å²) in [5.41, 5.74) is 0.732. The zero-order valence-electron chi connectivity index (χ0n) is 16.9. The third-order valence-electron chi connectivity index (χ3n) is 5.01. The summed E-state index contributed by atoms with van der Waals surface area (Å²) in [5, 5.41) is 0. The van der Waals surface area contributed by atoms with Gasteiger partial charge >= 0.3 is 0 Å². The Hall–Kier alpha value is -1.98. The number of nitrogens with one attached hydrogen (secondary N) is 1. The second-order valence-electron chi connectivity index (χ2n) is 6.92. The van der Waals surface area contributed by atoms with Crippen molar-refractivity contribution >= 4 is 20.0 Å². The molecule has 164 valence electrons. The van der Waals surface area contributed by atoms with Gasteiger partial charge in [0.1, 0.15) is 5.75 Å². The number of benzene rings is 2. The molecule has 0 bridgehead atoms. The van der Waals surface area contributed by atoms with E-state index in [0.717, 1.165) is 18.4 Å². The van der Waals surface area contributed by atoms with Crippen LogP contribution in [0.5, 0.6) is 5.75 Å². The summed E-state index contributed by atoms with van der Waals surface area (Å²) in [6.45, 7) is 0.934. The normalized spacial score (nSPS) is 17.4. The molecule has 0 aromatic heterocycles. The highest BCUT2D eigenvalue weighted by Crippen LogP contribution is 2.26. The summed E-state index contributed by atoms with van der Waals surface area (Å²) < 4.78 is 65.3. The van der Waals surface area contributed by atoms with E-state index >= 15 is 0 Å². The fraction of sp³-hybridized carbons (Fsp3) is 0.400. The molecule has 0 amide bonds. The van der Waals surface area contributed by atoms with E-state index in [9.17, 15) is 16.8 Å². The standard InChI is InChI=1S/C20H26N2O6S2/c1-21-29(23,24)18-9-11-19(12-10-18)30(25,26)22(15-17-7-5-13-28-17)14-16-6-3-4-8-20(16)27-2/h3-4,6,8-12,17,21H,5,7,13-15H2,1-2H3/t17-/m1/s1. The van der Waals surface area contributed by atoms with Crippen LogP contribution >= 0.6 is 0 Å². The first-order valence-corrected chi connectivity index (χ1v) is 12.5. The number of hydrogen-bond donors (Lipinski definition) is 1. The predicted molar refractivity (Wildman–Crippen MR) is 112 cm³/mol. The third-order valence-corrected chi connectivity index (χ3v) is 8.27. The average Bonchev–Trinajstić information content (AvgIpc) is 3.27. The fourth-order valence-corrected chi connectivity index (χ4v) is 5.52. The Kier molecular flexibility index (Phi) is 7.14. The summed E-state index contributed by atoms with van der Waals surface area (Å²) in [6.07, 6.45) is 1.50. The Balaban J connectivity index is 1.94. The number of hydrogen-bond acceptors (Lipinski definition) is 6. The second-order valence-corrected chi connectivity index (χ2v) is 10.7. The van der Waals surface area contributed by atoms with Gasteiger partial charge in [-0.05, 0) is 50.2 Å². The Labute approximate surface area is 177 Å². The number of para-hydroxylation sites is 1. The minimum Gasteiger partial charge on any atom is -0.496 e. The van der Waals surface area contributed by atoms with E-state index in [-0.39, 0.29) is 29.0 Å². The van der Waals surface area contributed by atoms with Gasteiger partial charge in [-0.15, -0.1) is 0 Å². The molecule has 0 unspecified atom stereocenters. The van der Waals surface area contributed by atoms with Crippen molar-refractivity contribution in [1.82, 2.24) is 9.03 Å². The first kappa shape index (κ1) is 22.7. The molecule has 2 aromatic carbocycles. The quantitative estimate of drug-likeness (QED) is 0.622. The average molecular weight is 455 g/mol. The van der Waals surface area contributed by atoms with Gasteiger partial charge in [-0.2, -0.15) is 4.31 Å². The number of rotatable bonds is 9. The molecule has 8 nitrogen and oxygen atoms in total.